The second-order valence-electron chi connectivity index (χ2n) is 2.73. The normalized spacial score (nSPS) is 11.0. The Kier molecular flexibility index (Phi) is 3.21. The van der Waals surface area contributed by atoms with E-state index in [2.05, 4.69) is 18.1 Å². The van der Waals surface area contributed by atoms with Gasteiger partial charge in [0.25, 0.3) is 0 Å². The predicted octanol–water partition coefficient (Wildman–Crippen LogP) is 3.31. The first-order chi connectivity index (χ1) is 6.29. The predicted molar refractivity (Wildman–Crippen MR) is 58.2 cm³/mol. The van der Waals surface area contributed by atoms with Gasteiger partial charge in [0.2, 0.25) is 0 Å². The van der Waals surface area contributed by atoms with Gasteiger partial charge < -0.3 is 0 Å². The van der Waals surface area contributed by atoms with E-state index in [1.165, 1.54) is 0 Å². The molecule has 1 aromatic heterocycles. The fourth-order valence-electron chi connectivity index (χ4n) is 1.18. The minimum Gasteiger partial charge on any atom is -0.256 e. The third-order valence-corrected chi connectivity index (χ3v) is 1.82. The zero-order valence-electron chi connectivity index (χ0n) is 7.83. The summed E-state index contributed by atoms with van der Waals surface area (Å²) in [6.07, 6.45) is 7.26. The van der Waals surface area contributed by atoms with E-state index in [0.29, 0.717) is 0 Å². The summed E-state index contributed by atoms with van der Waals surface area (Å²) in [4.78, 5) is 4.21. The second-order valence-corrected chi connectivity index (χ2v) is 2.73. The molecular weight excluding hydrogens is 158 g/mol. The van der Waals surface area contributed by atoms with Crippen molar-refractivity contribution in [3.63, 3.8) is 0 Å². The summed E-state index contributed by atoms with van der Waals surface area (Å²) in [6.45, 7) is 9.41. The van der Waals surface area contributed by atoms with Gasteiger partial charge in [-0.3, -0.25) is 4.98 Å². The first-order valence-electron chi connectivity index (χ1n) is 4.16. The van der Waals surface area contributed by atoms with E-state index in [4.69, 9.17) is 0 Å². The van der Waals surface area contributed by atoms with Gasteiger partial charge in [0.05, 0.1) is 5.69 Å². The van der Waals surface area contributed by atoms with Gasteiger partial charge in [0.1, 0.15) is 0 Å². The summed E-state index contributed by atoms with van der Waals surface area (Å²) in [5, 5.41) is 0. The van der Waals surface area contributed by atoms with Crippen LogP contribution in [-0.2, 0) is 0 Å². The molecule has 0 bridgehead atoms. The SMILES string of the molecule is C=C/C=C(/C)c1cccnc1C=C. The molecule has 1 rings (SSSR count). The molecule has 0 amide bonds. The van der Waals surface area contributed by atoms with Crippen LogP contribution in [0.25, 0.3) is 11.6 Å². The van der Waals surface area contributed by atoms with E-state index in [-0.39, 0.29) is 0 Å². The molecular formula is C12H13N. The molecule has 1 heterocycles. The number of hydrogen-bond donors (Lipinski definition) is 0. The van der Waals surface area contributed by atoms with Gasteiger partial charge in [-0.15, -0.1) is 0 Å². The fourth-order valence-corrected chi connectivity index (χ4v) is 1.18. The Labute approximate surface area is 79.1 Å². The van der Waals surface area contributed by atoms with Gasteiger partial charge in [-0.1, -0.05) is 31.4 Å². The number of aromatic nitrogens is 1. The van der Waals surface area contributed by atoms with Crippen molar-refractivity contribution in [3.05, 3.63) is 54.9 Å². The highest BCUT2D eigenvalue weighted by Gasteiger charge is 1.99. The minimum atomic E-state index is 0.915. The molecule has 0 fully saturated rings. The standard InChI is InChI=1S/C12H13N/c1-4-7-10(3)11-8-6-9-13-12(11)5-2/h4-9H,1-2H2,3H3/b10-7-. The molecule has 0 aromatic carbocycles. The van der Waals surface area contributed by atoms with Crippen LogP contribution < -0.4 is 0 Å². The Morgan fingerprint density at radius 1 is 1.46 bits per heavy atom. The first kappa shape index (κ1) is 9.46. The van der Waals surface area contributed by atoms with Crippen LogP contribution in [0.15, 0.2) is 43.6 Å². The van der Waals surface area contributed by atoms with Gasteiger partial charge in [-0.25, -0.2) is 0 Å². The van der Waals surface area contributed by atoms with Gasteiger partial charge >= 0.3 is 0 Å². The number of allylic oxidation sites excluding steroid dienone is 3. The third-order valence-electron chi connectivity index (χ3n) is 1.82. The minimum absolute atomic E-state index is 0.915. The van der Waals surface area contributed by atoms with Crippen LogP contribution in [0.3, 0.4) is 0 Å². The van der Waals surface area contributed by atoms with Crippen LogP contribution in [0.5, 0.6) is 0 Å². The molecule has 1 heteroatoms. The van der Waals surface area contributed by atoms with E-state index in [1.807, 2.05) is 25.1 Å². The Bertz CT molecular complexity index is 348. The molecule has 0 saturated heterocycles. The summed E-state index contributed by atoms with van der Waals surface area (Å²) < 4.78 is 0. The molecule has 0 aliphatic heterocycles. The molecule has 0 saturated carbocycles. The molecule has 0 aliphatic rings. The van der Waals surface area contributed by atoms with Crippen LogP contribution in [0.4, 0.5) is 0 Å². The lowest BCUT2D eigenvalue weighted by Gasteiger charge is -2.03. The van der Waals surface area contributed by atoms with Gasteiger partial charge in [-0.05, 0) is 24.6 Å². The second kappa shape index (κ2) is 4.41. The lowest BCUT2D eigenvalue weighted by atomic mass is 10.1. The molecule has 0 radical (unpaired) electrons. The maximum atomic E-state index is 4.21. The zero-order valence-corrected chi connectivity index (χ0v) is 7.83. The molecule has 66 valence electrons. The lowest BCUT2D eigenvalue weighted by Crippen LogP contribution is -1.88. The molecule has 0 unspecified atom stereocenters. The van der Waals surface area contributed by atoms with Gasteiger partial charge in [0.15, 0.2) is 0 Å². The van der Waals surface area contributed by atoms with E-state index >= 15 is 0 Å². The van der Waals surface area contributed by atoms with Crippen LogP contribution in [0.2, 0.25) is 0 Å². The Morgan fingerprint density at radius 3 is 2.85 bits per heavy atom. The Balaban J connectivity index is 3.20. The quantitative estimate of drug-likeness (QED) is 0.636. The smallest absolute Gasteiger partial charge is 0.0698 e. The maximum Gasteiger partial charge on any atom is 0.0698 e. The van der Waals surface area contributed by atoms with Crippen molar-refractivity contribution in [2.45, 2.75) is 6.92 Å². The highest BCUT2D eigenvalue weighted by atomic mass is 14.7. The lowest BCUT2D eigenvalue weighted by molar-refractivity contribution is 1.27. The summed E-state index contributed by atoms with van der Waals surface area (Å²) in [6, 6.07) is 3.95. The van der Waals surface area contributed by atoms with E-state index < -0.39 is 0 Å². The summed E-state index contributed by atoms with van der Waals surface area (Å²) in [7, 11) is 0. The molecule has 1 aromatic rings. The average Bonchev–Trinajstić information content (AvgIpc) is 2.18. The fraction of sp³-hybridized carbons (Fsp3) is 0.0833. The zero-order chi connectivity index (χ0) is 9.68. The number of nitrogens with zero attached hydrogens (tertiary/aromatic N) is 1. The van der Waals surface area contributed by atoms with Crippen molar-refractivity contribution >= 4 is 11.6 Å². The molecule has 0 spiro atoms. The van der Waals surface area contributed by atoms with Crippen molar-refractivity contribution in [2.75, 3.05) is 0 Å². The van der Waals surface area contributed by atoms with E-state index in [1.54, 1.807) is 18.3 Å². The summed E-state index contributed by atoms with van der Waals surface area (Å²) >= 11 is 0. The van der Waals surface area contributed by atoms with Crippen molar-refractivity contribution < 1.29 is 0 Å². The Hall–Kier alpha value is -1.63. The van der Waals surface area contributed by atoms with Crippen LogP contribution in [-0.4, -0.2) is 4.98 Å². The van der Waals surface area contributed by atoms with Crippen molar-refractivity contribution in [1.29, 1.82) is 0 Å². The topological polar surface area (TPSA) is 12.9 Å². The highest BCUT2D eigenvalue weighted by molar-refractivity contribution is 5.71. The molecule has 1 nitrogen and oxygen atoms in total. The number of pyridine rings is 1. The number of hydrogen-bond acceptors (Lipinski definition) is 1. The summed E-state index contributed by atoms with van der Waals surface area (Å²) in [5.41, 5.74) is 3.17. The monoisotopic (exact) mass is 171 g/mol. The van der Waals surface area contributed by atoms with Gasteiger partial charge in [-0.2, -0.15) is 0 Å². The summed E-state index contributed by atoms with van der Waals surface area (Å²) in [5.74, 6) is 0. The van der Waals surface area contributed by atoms with Crippen molar-refractivity contribution in [1.82, 2.24) is 4.98 Å². The van der Waals surface area contributed by atoms with E-state index in [9.17, 15) is 0 Å². The first-order valence-corrected chi connectivity index (χ1v) is 4.16. The van der Waals surface area contributed by atoms with Crippen molar-refractivity contribution in [3.8, 4) is 0 Å². The molecule has 0 aliphatic carbocycles. The molecule has 0 atom stereocenters. The molecule has 0 N–H and O–H groups in total. The maximum absolute atomic E-state index is 4.21. The van der Waals surface area contributed by atoms with Crippen LogP contribution in [0.1, 0.15) is 18.2 Å². The van der Waals surface area contributed by atoms with E-state index in [0.717, 1.165) is 16.8 Å². The van der Waals surface area contributed by atoms with Crippen LogP contribution in [0, 0.1) is 0 Å². The Morgan fingerprint density at radius 2 is 2.23 bits per heavy atom. The third kappa shape index (κ3) is 2.15. The number of rotatable bonds is 3. The van der Waals surface area contributed by atoms with Crippen LogP contribution >= 0.6 is 0 Å². The average molecular weight is 171 g/mol. The van der Waals surface area contributed by atoms with Crippen molar-refractivity contribution in [2.24, 2.45) is 0 Å². The largest absolute Gasteiger partial charge is 0.256 e. The van der Waals surface area contributed by atoms with Gasteiger partial charge in [0, 0.05) is 11.8 Å². The highest BCUT2D eigenvalue weighted by Crippen LogP contribution is 2.17. The molecule has 13 heavy (non-hydrogen) atoms.